The number of halogens is 1. The van der Waals surface area contributed by atoms with Crippen molar-refractivity contribution in [3.05, 3.63) is 32.8 Å². The van der Waals surface area contributed by atoms with Crippen molar-refractivity contribution in [3.63, 3.8) is 0 Å². The predicted octanol–water partition coefficient (Wildman–Crippen LogP) is 3.66. The Morgan fingerprint density at radius 1 is 1.55 bits per heavy atom. The van der Waals surface area contributed by atoms with Crippen molar-refractivity contribution >= 4 is 68.3 Å². The number of carbonyl (C=O) groups is 1. The van der Waals surface area contributed by atoms with Crippen LogP contribution in [0.2, 0.25) is 0 Å². The van der Waals surface area contributed by atoms with Gasteiger partial charge in [-0.25, -0.2) is 4.98 Å². The molecule has 116 valence electrons. The summed E-state index contributed by atoms with van der Waals surface area (Å²) in [5, 5.41) is 14.0. The molecule has 0 aliphatic carbocycles. The number of nitrogens with one attached hydrogen (secondary N) is 1. The number of hydrogen-bond donors (Lipinski definition) is 1. The number of nitro groups is 1. The van der Waals surface area contributed by atoms with Crippen LogP contribution in [0.25, 0.3) is 0 Å². The van der Waals surface area contributed by atoms with Gasteiger partial charge in [-0.15, -0.1) is 0 Å². The van der Waals surface area contributed by atoms with Crippen LogP contribution < -0.4 is 5.32 Å². The minimum Gasteiger partial charge on any atom is -0.324 e. The highest BCUT2D eigenvalue weighted by molar-refractivity contribution is 9.10. The summed E-state index contributed by atoms with van der Waals surface area (Å²) >= 11 is 7.19. The van der Waals surface area contributed by atoms with Crippen LogP contribution in [-0.4, -0.2) is 32.2 Å². The lowest BCUT2D eigenvalue weighted by atomic mass is 10.3. The Bertz CT molecular complexity index is 710. The molecule has 0 radical (unpaired) electrons. The number of carbonyl (C=O) groups excluding carboxylic acids is 1. The van der Waals surface area contributed by atoms with Crippen LogP contribution in [-0.2, 0) is 4.79 Å². The first-order chi connectivity index (χ1) is 10.5. The fourth-order valence-corrected chi connectivity index (χ4v) is 3.85. The highest BCUT2D eigenvalue weighted by Crippen LogP contribution is 2.28. The van der Waals surface area contributed by atoms with Crippen molar-refractivity contribution < 1.29 is 9.72 Å². The highest BCUT2D eigenvalue weighted by Gasteiger charge is 2.12. The molecule has 0 aliphatic rings. The first-order valence-electron chi connectivity index (χ1n) is 5.74. The number of rotatable bonds is 6. The molecule has 2 rings (SSSR count). The minimum absolute atomic E-state index is 0.0438. The van der Waals surface area contributed by atoms with E-state index in [1.54, 1.807) is 0 Å². The molecule has 11 heteroatoms. The third-order valence-corrected chi connectivity index (χ3v) is 5.49. The monoisotopic (exact) mass is 420 g/mol. The second-order valence-corrected chi connectivity index (χ2v) is 7.41. The Kier molecular flexibility index (Phi) is 6.17. The van der Waals surface area contributed by atoms with Crippen molar-refractivity contribution in [1.29, 1.82) is 0 Å². The van der Waals surface area contributed by atoms with Crippen LogP contribution in [0.4, 0.5) is 11.4 Å². The Morgan fingerprint density at radius 3 is 2.91 bits per heavy atom. The summed E-state index contributed by atoms with van der Waals surface area (Å²) in [6.07, 6.45) is 1.88. The van der Waals surface area contributed by atoms with E-state index in [-0.39, 0.29) is 17.3 Å². The lowest BCUT2D eigenvalue weighted by Crippen LogP contribution is -2.14. The SMILES string of the molecule is CSc1nsc(SCC(=O)Nc2ccc([N+](=O)[O-])cc2Br)n1. The fourth-order valence-electron chi connectivity index (χ4n) is 1.37. The Morgan fingerprint density at radius 2 is 2.32 bits per heavy atom. The average molecular weight is 421 g/mol. The Balaban J connectivity index is 1.93. The van der Waals surface area contributed by atoms with Gasteiger partial charge in [0.15, 0.2) is 4.34 Å². The van der Waals surface area contributed by atoms with Crippen LogP contribution in [0.1, 0.15) is 0 Å². The molecule has 0 saturated carbocycles. The van der Waals surface area contributed by atoms with Gasteiger partial charge >= 0.3 is 0 Å². The summed E-state index contributed by atoms with van der Waals surface area (Å²) in [6, 6.07) is 4.17. The lowest BCUT2D eigenvalue weighted by molar-refractivity contribution is -0.384. The maximum absolute atomic E-state index is 11.9. The zero-order valence-corrected chi connectivity index (χ0v) is 15.1. The molecule has 0 spiro atoms. The summed E-state index contributed by atoms with van der Waals surface area (Å²) in [4.78, 5) is 26.3. The minimum atomic E-state index is -0.495. The average Bonchev–Trinajstić information content (AvgIpc) is 2.95. The van der Waals surface area contributed by atoms with E-state index in [0.717, 1.165) is 4.34 Å². The zero-order valence-electron chi connectivity index (χ0n) is 11.1. The molecule has 2 aromatic rings. The molecule has 7 nitrogen and oxygen atoms in total. The van der Waals surface area contributed by atoms with Gasteiger partial charge in [-0.2, -0.15) is 4.37 Å². The van der Waals surface area contributed by atoms with Gasteiger partial charge in [-0.1, -0.05) is 23.5 Å². The molecule has 1 N–H and O–H groups in total. The van der Waals surface area contributed by atoms with Gasteiger partial charge in [0.1, 0.15) is 0 Å². The number of aromatic nitrogens is 2. The summed E-state index contributed by atoms with van der Waals surface area (Å²) in [6.45, 7) is 0. The third kappa shape index (κ3) is 4.66. The van der Waals surface area contributed by atoms with Gasteiger partial charge in [0.05, 0.1) is 16.4 Å². The molecule has 1 heterocycles. The second kappa shape index (κ2) is 7.90. The maximum atomic E-state index is 11.9. The molecular weight excluding hydrogens is 412 g/mol. The number of anilines is 1. The smallest absolute Gasteiger partial charge is 0.270 e. The third-order valence-electron chi connectivity index (χ3n) is 2.34. The molecule has 0 saturated heterocycles. The molecule has 0 fully saturated rings. The van der Waals surface area contributed by atoms with Gasteiger partial charge in [-0.05, 0) is 39.8 Å². The van der Waals surface area contributed by atoms with Crippen molar-refractivity contribution in [2.24, 2.45) is 0 Å². The normalized spacial score (nSPS) is 10.5. The Hall–Kier alpha value is -1.17. The van der Waals surface area contributed by atoms with E-state index in [1.165, 1.54) is 53.3 Å². The lowest BCUT2D eigenvalue weighted by Gasteiger charge is -2.06. The predicted molar refractivity (Wildman–Crippen MR) is 91.8 cm³/mol. The van der Waals surface area contributed by atoms with E-state index < -0.39 is 4.92 Å². The molecule has 1 amide bonds. The summed E-state index contributed by atoms with van der Waals surface area (Å²) in [5.74, 6) is -0.0349. The topological polar surface area (TPSA) is 98.0 Å². The van der Waals surface area contributed by atoms with E-state index >= 15 is 0 Å². The molecule has 0 aliphatic heterocycles. The van der Waals surface area contributed by atoms with Crippen LogP contribution >= 0.6 is 51.0 Å². The van der Waals surface area contributed by atoms with E-state index in [9.17, 15) is 14.9 Å². The van der Waals surface area contributed by atoms with Gasteiger partial charge in [0, 0.05) is 16.6 Å². The van der Waals surface area contributed by atoms with E-state index in [1.807, 2.05) is 6.26 Å². The largest absolute Gasteiger partial charge is 0.324 e. The molecule has 1 aromatic carbocycles. The van der Waals surface area contributed by atoms with Crippen LogP contribution in [0.15, 0.2) is 32.2 Å². The second-order valence-electron chi connectivity index (χ2n) is 3.81. The highest BCUT2D eigenvalue weighted by atomic mass is 79.9. The van der Waals surface area contributed by atoms with Crippen molar-refractivity contribution in [3.8, 4) is 0 Å². The molecule has 0 atom stereocenters. The fraction of sp³-hybridized carbons (Fsp3) is 0.182. The van der Waals surface area contributed by atoms with Crippen molar-refractivity contribution in [2.75, 3.05) is 17.3 Å². The van der Waals surface area contributed by atoms with Crippen LogP contribution in [0.5, 0.6) is 0 Å². The maximum Gasteiger partial charge on any atom is 0.270 e. The summed E-state index contributed by atoms with van der Waals surface area (Å²) in [5.41, 5.74) is 0.441. The molecule has 0 bridgehead atoms. The van der Waals surface area contributed by atoms with Gasteiger partial charge in [0.2, 0.25) is 11.1 Å². The number of nitrogens with zero attached hydrogens (tertiary/aromatic N) is 3. The standard InChI is InChI=1S/C11H9BrN4O3S3/c1-20-10-14-11(22-15-10)21-5-9(17)13-8-3-2-6(16(18)19)4-7(8)12/h2-4H,5H2,1H3,(H,13,17). The summed E-state index contributed by atoms with van der Waals surface area (Å²) < 4.78 is 5.29. The van der Waals surface area contributed by atoms with Crippen molar-refractivity contribution in [2.45, 2.75) is 9.50 Å². The molecule has 1 aromatic heterocycles. The molecule has 0 unspecified atom stereocenters. The zero-order chi connectivity index (χ0) is 16.1. The Labute approximate surface area is 146 Å². The number of hydrogen-bond acceptors (Lipinski definition) is 8. The number of non-ortho nitro benzene ring substituents is 1. The number of amides is 1. The van der Waals surface area contributed by atoms with Gasteiger partial charge in [-0.3, -0.25) is 14.9 Å². The number of thioether (sulfide) groups is 2. The molecule has 22 heavy (non-hydrogen) atoms. The number of nitro benzene ring substituents is 1. The number of benzene rings is 1. The van der Waals surface area contributed by atoms with E-state index in [4.69, 9.17) is 0 Å². The van der Waals surface area contributed by atoms with Gasteiger partial charge < -0.3 is 5.32 Å². The first-order valence-corrected chi connectivity index (χ1v) is 9.51. The van der Waals surface area contributed by atoms with Crippen LogP contribution in [0, 0.1) is 10.1 Å². The first kappa shape index (κ1) is 17.2. The molecular formula is C11H9BrN4O3S3. The van der Waals surface area contributed by atoms with Crippen LogP contribution in [0.3, 0.4) is 0 Å². The van der Waals surface area contributed by atoms with Gasteiger partial charge in [0.25, 0.3) is 5.69 Å². The quantitative estimate of drug-likeness (QED) is 0.432. The van der Waals surface area contributed by atoms with E-state index in [2.05, 4.69) is 30.6 Å². The van der Waals surface area contributed by atoms with E-state index in [0.29, 0.717) is 15.3 Å². The van der Waals surface area contributed by atoms with Crippen molar-refractivity contribution in [1.82, 2.24) is 9.36 Å². The summed E-state index contributed by atoms with van der Waals surface area (Å²) in [7, 11) is 0.